The van der Waals surface area contributed by atoms with Gasteiger partial charge in [0.1, 0.15) is 0 Å². The Bertz CT molecular complexity index is 777. The van der Waals surface area contributed by atoms with E-state index in [1.54, 1.807) is 0 Å². The van der Waals surface area contributed by atoms with Crippen molar-refractivity contribution in [1.29, 1.82) is 0 Å². The molecule has 3 heteroatoms. The molecule has 0 nitrogen and oxygen atoms in total. The van der Waals surface area contributed by atoms with E-state index < -0.39 is 23.8 Å². The molecule has 0 atom stereocenters. The molecule has 0 aliphatic carbocycles. The van der Waals surface area contributed by atoms with Crippen LogP contribution in [0, 0.1) is 0 Å². The molecule has 0 saturated carbocycles. The minimum atomic E-state index is -4.00. The summed E-state index contributed by atoms with van der Waals surface area (Å²) in [6, 6.07) is 29.0. The summed E-state index contributed by atoms with van der Waals surface area (Å²) in [5.74, 6) is -0.589. The first kappa shape index (κ1) is 19.6. The summed E-state index contributed by atoms with van der Waals surface area (Å²) >= 11 is -4.00. The van der Waals surface area contributed by atoms with Gasteiger partial charge in [0.15, 0.2) is 0 Å². The van der Waals surface area contributed by atoms with Gasteiger partial charge >= 0.3 is 163 Å². The van der Waals surface area contributed by atoms with Crippen LogP contribution >= 0.6 is 0 Å². The van der Waals surface area contributed by atoms with Crippen LogP contribution in [0.4, 0.5) is 8.78 Å². The van der Waals surface area contributed by atoms with Crippen molar-refractivity contribution in [2.45, 2.75) is 26.2 Å². The Morgan fingerprint density at radius 2 is 1.04 bits per heavy atom. The van der Waals surface area contributed by atoms with Gasteiger partial charge in [0.05, 0.1) is 0 Å². The molecule has 0 aliphatic heterocycles. The first-order chi connectivity index (χ1) is 13.2. The third kappa shape index (κ3) is 3.91. The molecule has 0 amide bonds. The van der Waals surface area contributed by atoms with E-state index in [1.165, 1.54) is 0 Å². The second kappa shape index (κ2) is 9.14. The van der Waals surface area contributed by atoms with Crippen molar-refractivity contribution < 1.29 is 8.78 Å². The van der Waals surface area contributed by atoms with Gasteiger partial charge in [-0.1, -0.05) is 0 Å². The molecule has 138 valence electrons. The first-order valence-corrected chi connectivity index (χ1v) is 13.6. The van der Waals surface area contributed by atoms with Crippen molar-refractivity contribution in [2.75, 3.05) is 0 Å². The van der Waals surface area contributed by atoms with E-state index in [9.17, 15) is 0 Å². The van der Waals surface area contributed by atoms with E-state index in [0.29, 0.717) is 6.42 Å². The van der Waals surface area contributed by atoms with E-state index in [4.69, 9.17) is 0 Å². The summed E-state index contributed by atoms with van der Waals surface area (Å²) in [5, 5.41) is 0. The summed E-state index contributed by atoms with van der Waals surface area (Å²) < 4.78 is 33.3. The fraction of sp³-hybridized carbons (Fsp3) is 0.167. The van der Waals surface area contributed by atoms with Crippen LogP contribution in [0.2, 0.25) is 0 Å². The SMILES string of the molecule is CCCC/C(F)=[C](\F)[Ge]([c]1ccccc1)([c]1ccccc1)[c]1ccccc1. The van der Waals surface area contributed by atoms with Crippen molar-refractivity contribution >= 4 is 26.5 Å². The molecular weight excluding hydrogens is 399 g/mol. The zero-order valence-corrected chi connectivity index (χ0v) is 17.6. The molecule has 0 fully saturated rings. The Morgan fingerprint density at radius 1 is 0.667 bits per heavy atom. The zero-order chi connectivity index (χ0) is 19.1. The van der Waals surface area contributed by atoms with Gasteiger partial charge in [-0.3, -0.25) is 0 Å². The Morgan fingerprint density at radius 3 is 1.37 bits per heavy atom. The molecule has 3 aromatic rings. The van der Waals surface area contributed by atoms with Crippen molar-refractivity contribution in [3.8, 4) is 0 Å². The maximum absolute atomic E-state index is 16.1. The van der Waals surface area contributed by atoms with E-state index >= 15 is 8.78 Å². The Labute approximate surface area is 162 Å². The molecule has 0 spiro atoms. The van der Waals surface area contributed by atoms with Crippen LogP contribution in [0.3, 0.4) is 0 Å². The topological polar surface area (TPSA) is 0 Å². The number of benzene rings is 3. The number of hydrogen-bond acceptors (Lipinski definition) is 0. The fourth-order valence-corrected chi connectivity index (χ4v) is 12.8. The van der Waals surface area contributed by atoms with Crippen molar-refractivity contribution in [1.82, 2.24) is 0 Å². The molecule has 0 aromatic heterocycles. The average molecular weight is 423 g/mol. The maximum atomic E-state index is 16.1. The standard InChI is InChI=1S/C24H24F2Ge/c1-2-3-19-23(25)24(26)27(20-13-7-4-8-14-20,21-15-9-5-10-16-21)22-17-11-6-12-18-22/h4-18H,2-3,19H2,1H3/b24-23-. The molecule has 0 heterocycles. The molecule has 0 unspecified atom stereocenters. The van der Waals surface area contributed by atoms with E-state index in [1.807, 2.05) is 97.9 Å². The van der Waals surface area contributed by atoms with Crippen LogP contribution < -0.4 is 13.2 Å². The number of unbranched alkanes of at least 4 members (excludes halogenated alkanes) is 1. The van der Waals surface area contributed by atoms with Crippen LogP contribution in [0.1, 0.15) is 26.2 Å². The van der Waals surface area contributed by atoms with Gasteiger partial charge in [0, 0.05) is 0 Å². The molecule has 0 aliphatic rings. The van der Waals surface area contributed by atoms with Crippen LogP contribution in [0.15, 0.2) is 101 Å². The average Bonchev–Trinajstić information content (AvgIpc) is 2.75. The molecule has 0 bridgehead atoms. The van der Waals surface area contributed by atoms with Gasteiger partial charge < -0.3 is 0 Å². The van der Waals surface area contributed by atoms with Gasteiger partial charge in [-0.2, -0.15) is 0 Å². The van der Waals surface area contributed by atoms with Crippen molar-refractivity contribution in [3.05, 3.63) is 101 Å². The monoisotopic (exact) mass is 424 g/mol. The van der Waals surface area contributed by atoms with E-state index in [2.05, 4.69) is 0 Å². The van der Waals surface area contributed by atoms with E-state index in [-0.39, 0.29) is 6.42 Å². The normalized spacial score (nSPS) is 12.6. The molecule has 27 heavy (non-hydrogen) atoms. The summed E-state index contributed by atoms with van der Waals surface area (Å²) in [6.45, 7) is 1.99. The molecule has 0 radical (unpaired) electrons. The Hall–Kier alpha value is -2.20. The van der Waals surface area contributed by atoms with Crippen LogP contribution in [0.5, 0.6) is 0 Å². The predicted octanol–water partition coefficient (Wildman–Crippen LogP) is 5.04. The summed E-state index contributed by atoms with van der Waals surface area (Å²) in [6.07, 6.45) is 1.64. The molecule has 3 rings (SSSR count). The summed E-state index contributed by atoms with van der Waals surface area (Å²) in [5.41, 5.74) is 0. The van der Waals surface area contributed by atoms with Gasteiger partial charge in [0.2, 0.25) is 0 Å². The molecule has 3 aromatic carbocycles. The molecular formula is C24H24F2Ge. The predicted molar refractivity (Wildman–Crippen MR) is 113 cm³/mol. The van der Waals surface area contributed by atoms with E-state index in [0.717, 1.165) is 19.6 Å². The van der Waals surface area contributed by atoms with Crippen molar-refractivity contribution in [2.24, 2.45) is 0 Å². The number of allylic oxidation sites excluding steroid dienone is 1. The quantitative estimate of drug-likeness (QED) is 0.468. The minimum absolute atomic E-state index is 0.155. The first-order valence-electron chi connectivity index (χ1n) is 9.42. The number of halogens is 2. The second-order valence-electron chi connectivity index (χ2n) is 6.67. The third-order valence-corrected chi connectivity index (χ3v) is 14.4. The zero-order valence-electron chi connectivity index (χ0n) is 15.5. The van der Waals surface area contributed by atoms with Gasteiger partial charge in [-0.15, -0.1) is 0 Å². The van der Waals surface area contributed by atoms with Crippen molar-refractivity contribution in [3.63, 3.8) is 0 Å². The van der Waals surface area contributed by atoms with Gasteiger partial charge in [0.25, 0.3) is 0 Å². The second-order valence-corrected chi connectivity index (χ2v) is 14.4. The van der Waals surface area contributed by atoms with Crippen LogP contribution in [0.25, 0.3) is 0 Å². The molecule has 0 N–H and O–H groups in total. The number of rotatable bonds is 7. The van der Waals surface area contributed by atoms with Crippen LogP contribution in [-0.2, 0) is 0 Å². The summed E-state index contributed by atoms with van der Waals surface area (Å²) in [7, 11) is 0. The van der Waals surface area contributed by atoms with Crippen LogP contribution in [-0.4, -0.2) is 13.3 Å². The number of hydrogen-bond donors (Lipinski definition) is 0. The fourth-order valence-electron chi connectivity index (χ4n) is 3.59. The summed E-state index contributed by atoms with van der Waals surface area (Å²) in [4.78, 5) is 0. The third-order valence-electron chi connectivity index (χ3n) is 4.94. The Balaban J connectivity index is 2.36. The Kier molecular flexibility index (Phi) is 6.62. The van der Waals surface area contributed by atoms with Gasteiger partial charge in [-0.05, 0) is 0 Å². The van der Waals surface area contributed by atoms with Gasteiger partial charge in [-0.25, -0.2) is 0 Å². The molecule has 0 saturated heterocycles.